The summed E-state index contributed by atoms with van der Waals surface area (Å²) in [4.78, 5) is 0. The topological polar surface area (TPSA) is 35.2 Å². The summed E-state index contributed by atoms with van der Waals surface area (Å²) in [7, 11) is 0. The van der Waals surface area contributed by atoms with Gasteiger partial charge in [-0.25, -0.2) is 0 Å². The van der Waals surface area contributed by atoms with Crippen LogP contribution in [0.1, 0.15) is 31.7 Å². The molecule has 1 saturated heterocycles. The molecule has 2 unspecified atom stereocenters. The molecule has 18 heavy (non-hydrogen) atoms. The lowest BCUT2D eigenvalue weighted by Gasteiger charge is -2.39. The fraction of sp³-hybridized carbons (Fsp3) is 0.571. The van der Waals surface area contributed by atoms with Crippen LogP contribution in [0.25, 0.3) is 0 Å². The Morgan fingerprint density at radius 3 is 2.83 bits per heavy atom. The minimum Gasteiger partial charge on any atom is -0.374 e. The number of rotatable bonds is 3. The molecule has 1 heterocycles. The van der Waals surface area contributed by atoms with Gasteiger partial charge in [0.2, 0.25) is 0 Å². The van der Waals surface area contributed by atoms with Gasteiger partial charge in [-0.2, -0.15) is 0 Å². The van der Waals surface area contributed by atoms with E-state index in [1.54, 1.807) is 6.07 Å². The average Bonchev–Trinajstić information content (AvgIpc) is 2.35. The largest absolute Gasteiger partial charge is 0.374 e. The van der Waals surface area contributed by atoms with Crippen LogP contribution in [0.15, 0.2) is 18.2 Å². The maximum Gasteiger partial charge on any atom is 0.0807 e. The number of nitrogens with two attached hydrogens (primary N) is 1. The summed E-state index contributed by atoms with van der Waals surface area (Å²) in [5.74, 6) is 0. The van der Waals surface area contributed by atoms with Gasteiger partial charge in [0, 0.05) is 22.7 Å². The van der Waals surface area contributed by atoms with Gasteiger partial charge in [0.1, 0.15) is 0 Å². The van der Waals surface area contributed by atoms with Gasteiger partial charge < -0.3 is 10.5 Å². The lowest BCUT2D eigenvalue weighted by atomic mass is 9.85. The van der Waals surface area contributed by atoms with Gasteiger partial charge in [-0.1, -0.05) is 23.2 Å². The average molecular weight is 288 g/mol. The maximum atomic E-state index is 6.31. The molecule has 100 valence electrons. The highest BCUT2D eigenvalue weighted by atomic mass is 35.5. The second-order valence-corrected chi connectivity index (χ2v) is 6.01. The molecule has 1 aliphatic rings. The molecular formula is C14H19Cl2NO. The molecule has 1 aromatic carbocycles. The van der Waals surface area contributed by atoms with Crippen molar-refractivity contribution in [3.63, 3.8) is 0 Å². The van der Waals surface area contributed by atoms with E-state index in [1.807, 2.05) is 12.1 Å². The number of hydrogen-bond acceptors (Lipinski definition) is 2. The predicted octanol–water partition coefficient (Wildman–Crippen LogP) is 3.82. The molecule has 0 radical (unpaired) electrons. The first kappa shape index (κ1) is 14.1. The third-order valence-corrected chi connectivity index (χ3v) is 4.34. The first-order chi connectivity index (χ1) is 8.51. The van der Waals surface area contributed by atoms with Gasteiger partial charge in [0.15, 0.2) is 0 Å². The second-order valence-electron chi connectivity index (χ2n) is 5.16. The van der Waals surface area contributed by atoms with Gasteiger partial charge in [-0.05, 0) is 56.4 Å². The summed E-state index contributed by atoms with van der Waals surface area (Å²) in [5, 5.41) is 1.41. The Labute approximate surface area is 118 Å². The third kappa shape index (κ3) is 3.18. The summed E-state index contributed by atoms with van der Waals surface area (Å²) < 4.78 is 5.87. The van der Waals surface area contributed by atoms with E-state index in [9.17, 15) is 0 Å². The fourth-order valence-corrected chi connectivity index (χ4v) is 2.79. The van der Waals surface area contributed by atoms with Gasteiger partial charge >= 0.3 is 0 Å². The second kappa shape index (κ2) is 5.79. The molecule has 2 N–H and O–H groups in total. The van der Waals surface area contributed by atoms with Crippen LogP contribution >= 0.6 is 23.2 Å². The smallest absolute Gasteiger partial charge is 0.0807 e. The fourth-order valence-electron chi connectivity index (χ4n) is 2.40. The van der Waals surface area contributed by atoms with Gasteiger partial charge in [-0.3, -0.25) is 0 Å². The molecule has 0 spiro atoms. The van der Waals surface area contributed by atoms with E-state index in [0.717, 1.165) is 25.0 Å². The van der Waals surface area contributed by atoms with Gasteiger partial charge in [0.05, 0.1) is 5.60 Å². The monoisotopic (exact) mass is 287 g/mol. The highest BCUT2D eigenvalue weighted by Crippen LogP contribution is 2.30. The summed E-state index contributed by atoms with van der Waals surface area (Å²) in [5.41, 5.74) is 7.05. The van der Waals surface area contributed by atoms with E-state index >= 15 is 0 Å². The van der Waals surface area contributed by atoms with E-state index in [1.165, 1.54) is 6.42 Å². The van der Waals surface area contributed by atoms with Crippen molar-refractivity contribution in [3.05, 3.63) is 33.8 Å². The molecule has 2 nitrogen and oxygen atoms in total. The zero-order valence-corrected chi connectivity index (χ0v) is 12.1. The molecule has 2 rings (SSSR count). The highest BCUT2D eigenvalue weighted by Gasteiger charge is 2.34. The molecular weight excluding hydrogens is 269 g/mol. The number of benzene rings is 1. The van der Waals surface area contributed by atoms with E-state index in [-0.39, 0.29) is 11.6 Å². The van der Waals surface area contributed by atoms with Crippen molar-refractivity contribution in [1.82, 2.24) is 0 Å². The first-order valence-corrected chi connectivity index (χ1v) is 7.10. The summed E-state index contributed by atoms with van der Waals surface area (Å²) in [6.45, 7) is 2.89. The summed E-state index contributed by atoms with van der Waals surface area (Å²) >= 11 is 12.2. The lowest BCUT2D eigenvalue weighted by Crippen LogP contribution is -2.50. The quantitative estimate of drug-likeness (QED) is 0.917. The van der Waals surface area contributed by atoms with Crippen molar-refractivity contribution >= 4 is 23.2 Å². The molecule has 0 aromatic heterocycles. The van der Waals surface area contributed by atoms with Gasteiger partial charge in [-0.15, -0.1) is 0 Å². The molecule has 0 bridgehead atoms. The summed E-state index contributed by atoms with van der Waals surface area (Å²) in [6.07, 6.45) is 4.00. The van der Waals surface area contributed by atoms with Crippen molar-refractivity contribution in [1.29, 1.82) is 0 Å². The minimum absolute atomic E-state index is 0.0613. The highest BCUT2D eigenvalue weighted by molar-refractivity contribution is 6.33. The van der Waals surface area contributed by atoms with Crippen molar-refractivity contribution in [2.45, 2.75) is 44.2 Å². The molecule has 0 saturated carbocycles. The Bertz CT molecular complexity index is 416. The Kier molecular flexibility index (Phi) is 4.54. The van der Waals surface area contributed by atoms with Crippen molar-refractivity contribution < 1.29 is 4.74 Å². The van der Waals surface area contributed by atoms with E-state index in [0.29, 0.717) is 16.5 Å². The van der Waals surface area contributed by atoms with E-state index in [4.69, 9.17) is 33.7 Å². The Hall–Kier alpha value is -0.280. The lowest BCUT2D eigenvalue weighted by molar-refractivity contribution is -0.0808. The molecule has 1 fully saturated rings. The molecule has 1 aromatic rings. The molecule has 0 amide bonds. The van der Waals surface area contributed by atoms with Crippen LogP contribution in [0.3, 0.4) is 0 Å². The number of hydrogen-bond donors (Lipinski definition) is 1. The summed E-state index contributed by atoms with van der Waals surface area (Å²) in [6, 6.07) is 5.43. The molecule has 0 aliphatic carbocycles. The van der Waals surface area contributed by atoms with Crippen molar-refractivity contribution in [2.75, 3.05) is 6.61 Å². The Morgan fingerprint density at radius 1 is 1.39 bits per heavy atom. The normalized spacial score (nSPS) is 26.0. The van der Waals surface area contributed by atoms with Crippen LogP contribution in [0.2, 0.25) is 10.0 Å². The van der Waals surface area contributed by atoms with Crippen LogP contribution in [-0.2, 0) is 11.2 Å². The molecule has 2 atom stereocenters. The van der Waals surface area contributed by atoms with Crippen LogP contribution in [0, 0.1) is 0 Å². The molecule has 1 aliphatic heterocycles. The zero-order valence-electron chi connectivity index (χ0n) is 10.6. The van der Waals surface area contributed by atoms with Gasteiger partial charge in [0.25, 0.3) is 0 Å². The van der Waals surface area contributed by atoms with Crippen molar-refractivity contribution in [3.8, 4) is 0 Å². The van der Waals surface area contributed by atoms with E-state index in [2.05, 4.69) is 6.92 Å². The molecule has 4 heteroatoms. The number of ether oxygens (including phenoxy) is 1. The zero-order chi connectivity index (χ0) is 13.2. The standard InChI is InChI=1S/C14H19Cl2NO/c1-14(6-2-3-7-18-14)13(17)9-10-8-11(15)4-5-12(10)16/h4-5,8,13H,2-3,6-7,9,17H2,1H3. The number of halogens is 2. The minimum atomic E-state index is -0.246. The van der Waals surface area contributed by atoms with Crippen LogP contribution in [0.4, 0.5) is 0 Å². The van der Waals surface area contributed by atoms with E-state index < -0.39 is 0 Å². The van der Waals surface area contributed by atoms with Crippen LogP contribution < -0.4 is 5.73 Å². The van der Waals surface area contributed by atoms with Crippen molar-refractivity contribution in [2.24, 2.45) is 5.73 Å². The SMILES string of the molecule is CC1(C(N)Cc2cc(Cl)ccc2Cl)CCCCO1. The first-order valence-electron chi connectivity index (χ1n) is 6.35. The maximum absolute atomic E-state index is 6.31. The third-order valence-electron chi connectivity index (χ3n) is 3.73. The van der Waals surface area contributed by atoms with Crippen LogP contribution in [0.5, 0.6) is 0 Å². The van der Waals surface area contributed by atoms with Crippen LogP contribution in [-0.4, -0.2) is 18.2 Å². The predicted molar refractivity (Wildman–Crippen MR) is 76.3 cm³/mol. The Balaban J connectivity index is 2.10. The Morgan fingerprint density at radius 2 is 2.17 bits per heavy atom.